The van der Waals surface area contributed by atoms with E-state index in [0.29, 0.717) is 31.7 Å². The molecule has 6 heteroatoms. The molecule has 0 saturated carbocycles. The first-order valence-corrected chi connectivity index (χ1v) is 10.0. The van der Waals surface area contributed by atoms with Gasteiger partial charge in [0.05, 0.1) is 11.6 Å². The van der Waals surface area contributed by atoms with Crippen LogP contribution in [0.15, 0.2) is 60.0 Å². The summed E-state index contributed by atoms with van der Waals surface area (Å²) in [7, 11) is -3.41. The Labute approximate surface area is 154 Å². The Morgan fingerprint density at radius 1 is 1.00 bits per heavy atom. The molecule has 3 rings (SSSR count). The standard InChI is InChI=1S/C20H21N3O2S/c21-16-19-7-4-8-20(15-19)17-22-10-12-23(13-11-22)26(24,25)14-9-18-5-2-1-3-6-18/h1-9,14-15H,10-13,17H2/b14-9+. The van der Waals surface area contributed by atoms with Crippen LogP contribution in [-0.4, -0.2) is 43.8 Å². The van der Waals surface area contributed by atoms with Crippen LogP contribution < -0.4 is 0 Å². The summed E-state index contributed by atoms with van der Waals surface area (Å²) >= 11 is 0. The Balaban J connectivity index is 1.57. The molecule has 0 unspecified atom stereocenters. The van der Waals surface area contributed by atoms with E-state index in [0.717, 1.165) is 17.7 Å². The molecule has 134 valence electrons. The molecule has 1 heterocycles. The Morgan fingerprint density at radius 2 is 1.73 bits per heavy atom. The number of sulfonamides is 1. The van der Waals surface area contributed by atoms with Gasteiger partial charge < -0.3 is 0 Å². The number of benzene rings is 2. The topological polar surface area (TPSA) is 64.4 Å². The highest BCUT2D eigenvalue weighted by atomic mass is 32.2. The maximum Gasteiger partial charge on any atom is 0.236 e. The predicted molar refractivity (Wildman–Crippen MR) is 102 cm³/mol. The molecule has 0 radical (unpaired) electrons. The SMILES string of the molecule is N#Cc1cccc(CN2CCN(S(=O)(=O)/C=C/c3ccccc3)CC2)c1. The lowest BCUT2D eigenvalue weighted by Gasteiger charge is -2.33. The van der Waals surface area contributed by atoms with Crippen molar-refractivity contribution in [3.63, 3.8) is 0 Å². The average Bonchev–Trinajstić information content (AvgIpc) is 2.68. The second-order valence-electron chi connectivity index (χ2n) is 6.25. The predicted octanol–water partition coefficient (Wildman–Crippen LogP) is 2.68. The van der Waals surface area contributed by atoms with Crippen LogP contribution in [0.25, 0.3) is 6.08 Å². The first-order valence-electron chi connectivity index (χ1n) is 8.51. The summed E-state index contributed by atoms with van der Waals surface area (Å²) in [5, 5.41) is 10.3. The van der Waals surface area contributed by atoms with Crippen LogP contribution in [0.2, 0.25) is 0 Å². The quantitative estimate of drug-likeness (QED) is 0.815. The van der Waals surface area contributed by atoms with Crippen LogP contribution in [-0.2, 0) is 16.6 Å². The van der Waals surface area contributed by atoms with Crippen LogP contribution in [0, 0.1) is 11.3 Å². The summed E-state index contributed by atoms with van der Waals surface area (Å²) in [4.78, 5) is 2.21. The van der Waals surface area contributed by atoms with Crippen LogP contribution in [0.4, 0.5) is 0 Å². The van der Waals surface area contributed by atoms with Gasteiger partial charge in [0.1, 0.15) is 0 Å². The molecule has 1 aliphatic heterocycles. The zero-order valence-electron chi connectivity index (χ0n) is 14.5. The fourth-order valence-electron chi connectivity index (χ4n) is 2.95. The molecule has 0 bridgehead atoms. The normalized spacial score (nSPS) is 16.6. The zero-order valence-corrected chi connectivity index (χ0v) is 15.3. The van der Waals surface area contributed by atoms with Gasteiger partial charge in [-0.25, -0.2) is 8.42 Å². The van der Waals surface area contributed by atoms with Crippen molar-refractivity contribution in [1.82, 2.24) is 9.21 Å². The van der Waals surface area contributed by atoms with Crippen LogP contribution in [0.3, 0.4) is 0 Å². The Hall–Kier alpha value is -2.46. The molecule has 2 aromatic carbocycles. The maximum atomic E-state index is 12.5. The fourth-order valence-corrected chi connectivity index (χ4v) is 4.13. The van der Waals surface area contributed by atoms with Gasteiger partial charge >= 0.3 is 0 Å². The van der Waals surface area contributed by atoms with Gasteiger partial charge in [-0.3, -0.25) is 4.90 Å². The molecule has 26 heavy (non-hydrogen) atoms. The molecular formula is C20H21N3O2S. The number of piperazine rings is 1. The summed E-state index contributed by atoms with van der Waals surface area (Å²) in [6, 6.07) is 19.1. The van der Waals surface area contributed by atoms with Crippen molar-refractivity contribution in [3.05, 3.63) is 76.7 Å². The van der Waals surface area contributed by atoms with Gasteiger partial charge in [-0.2, -0.15) is 9.57 Å². The van der Waals surface area contributed by atoms with Gasteiger partial charge in [-0.05, 0) is 29.3 Å². The zero-order chi connectivity index (χ0) is 18.4. The second-order valence-corrected chi connectivity index (χ2v) is 8.06. The van der Waals surface area contributed by atoms with Crippen LogP contribution in [0.5, 0.6) is 0 Å². The van der Waals surface area contributed by atoms with Crippen LogP contribution >= 0.6 is 0 Å². The molecule has 1 aliphatic rings. The van der Waals surface area contributed by atoms with Crippen molar-refractivity contribution in [2.45, 2.75) is 6.54 Å². The van der Waals surface area contributed by atoms with Gasteiger partial charge in [0.15, 0.2) is 0 Å². The fraction of sp³-hybridized carbons (Fsp3) is 0.250. The van der Waals surface area contributed by atoms with E-state index in [2.05, 4.69) is 11.0 Å². The third-order valence-electron chi connectivity index (χ3n) is 4.39. The van der Waals surface area contributed by atoms with E-state index >= 15 is 0 Å². The Kier molecular flexibility index (Phi) is 5.84. The van der Waals surface area contributed by atoms with E-state index in [9.17, 15) is 8.42 Å². The highest BCUT2D eigenvalue weighted by Crippen LogP contribution is 2.14. The van der Waals surface area contributed by atoms with Crippen molar-refractivity contribution >= 4 is 16.1 Å². The van der Waals surface area contributed by atoms with Crippen molar-refractivity contribution in [3.8, 4) is 6.07 Å². The van der Waals surface area contributed by atoms with Crippen molar-refractivity contribution in [1.29, 1.82) is 5.26 Å². The Morgan fingerprint density at radius 3 is 2.42 bits per heavy atom. The number of hydrogen-bond donors (Lipinski definition) is 0. The molecule has 1 fully saturated rings. The lowest BCUT2D eigenvalue weighted by molar-refractivity contribution is 0.182. The van der Waals surface area contributed by atoms with Gasteiger partial charge in [-0.1, -0.05) is 42.5 Å². The van der Waals surface area contributed by atoms with Crippen molar-refractivity contribution < 1.29 is 8.42 Å². The summed E-state index contributed by atoms with van der Waals surface area (Å²) in [6.45, 7) is 3.02. The molecule has 0 N–H and O–H groups in total. The van der Waals surface area contributed by atoms with Gasteiger partial charge in [0, 0.05) is 38.1 Å². The summed E-state index contributed by atoms with van der Waals surface area (Å²) in [6.07, 6.45) is 1.63. The number of nitrogens with zero attached hydrogens (tertiary/aromatic N) is 3. The summed E-state index contributed by atoms with van der Waals surface area (Å²) in [5.41, 5.74) is 2.59. The summed E-state index contributed by atoms with van der Waals surface area (Å²) < 4.78 is 26.5. The van der Waals surface area contributed by atoms with Crippen molar-refractivity contribution in [2.75, 3.05) is 26.2 Å². The average molecular weight is 367 g/mol. The molecule has 0 spiro atoms. The molecule has 0 aliphatic carbocycles. The number of nitriles is 1. The van der Waals surface area contributed by atoms with E-state index in [1.807, 2.05) is 48.5 Å². The third kappa shape index (κ3) is 4.79. The van der Waals surface area contributed by atoms with E-state index < -0.39 is 10.0 Å². The molecule has 2 aromatic rings. The lowest BCUT2D eigenvalue weighted by Crippen LogP contribution is -2.47. The maximum absolute atomic E-state index is 12.5. The largest absolute Gasteiger partial charge is 0.296 e. The lowest BCUT2D eigenvalue weighted by atomic mass is 10.1. The highest BCUT2D eigenvalue weighted by molar-refractivity contribution is 7.92. The Bertz CT molecular complexity index is 910. The van der Waals surface area contributed by atoms with Crippen LogP contribution in [0.1, 0.15) is 16.7 Å². The summed E-state index contributed by atoms with van der Waals surface area (Å²) in [5.74, 6) is 0. The van der Waals surface area contributed by atoms with Crippen molar-refractivity contribution in [2.24, 2.45) is 0 Å². The van der Waals surface area contributed by atoms with E-state index in [1.165, 1.54) is 9.71 Å². The molecule has 0 aromatic heterocycles. The number of hydrogen-bond acceptors (Lipinski definition) is 4. The van der Waals surface area contributed by atoms with Gasteiger partial charge in [-0.15, -0.1) is 0 Å². The van der Waals surface area contributed by atoms with Gasteiger partial charge in [0.25, 0.3) is 0 Å². The second kappa shape index (κ2) is 8.28. The minimum Gasteiger partial charge on any atom is -0.296 e. The van der Waals surface area contributed by atoms with E-state index in [-0.39, 0.29) is 0 Å². The minimum absolute atomic E-state index is 0.472. The molecule has 1 saturated heterocycles. The first-order chi connectivity index (χ1) is 12.6. The number of rotatable bonds is 5. The molecular weight excluding hydrogens is 346 g/mol. The first kappa shape index (κ1) is 18.3. The molecule has 5 nitrogen and oxygen atoms in total. The molecule has 0 amide bonds. The smallest absolute Gasteiger partial charge is 0.236 e. The highest BCUT2D eigenvalue weighted by Gasteiger charge is 2.24. The monoisotopic (exact) mass is 367 g/mol. The van der Waals surface area contributed by atoms with E-state index in [1.54, 1.807) is 12.1 Å². The van der Waals surface area contributed by atoms with Gasteiger partial charge in [0.2, 0.25) is 10.0 Å². The van der Waals surface area contributed by atoms with E-state index in [4.69, 9.17) is 5.26 Å². The molecule has 0 atom stereocenters. The third-order valence-corrected chi connectivity index (χ3v) is 5.95. The minimum atomic E-state index is -3.41.